The summed E-state index contributed by atoms with van der Waals surface area (Å²) in [4.78, 5) is 15.9. The molecule has 0 radical (unpaired) electrons. The van der Waals surface area contributed by atoms with E-state index in [0.717, 1.165) is 21.3 Å². The third-order valence-corrected chi connectivity index (χ3v) is 4.39. The van der Waals surface area contributed by atoms with Crippen molar-refractivity contribution in [3.05, 3.63) is 33.8 Å². The molecular weight excluding hydrogens is 306 g/mol. The van der Waals surface area contributed by atoms with Gasteiger partial charge in [0.05, 0.1) is 23.7 Å². The minimum absolute atomic E-state index is 0.0204. The van der Waals surface area contributed by atoms with Gasteiger partial charge in [-0.05, 0) is 19.1 Å². The monoisotopic (exact) mass is 321 g/mol. The zero-order valence-electron chi connectivity index (χ0n) is 12.0. The number of aryl methyl sites for hydroxylation is 1. The smallest absolute Gasteiger partial charge is 0.308 e. The van der Waals surface area contributed by atoms with Crippen LogP contribution in [0.2, 0.25) is 0 Å². The maximum absolute atomic E-state index is 10.8. The molecule has 2 heterocycles. The summed E-state index contributed by atoms with van der Waals surface area (Å²) in [7, 11) is 0. The molecule has 1 N–H and O–H groups in total. The Morgan fingerprint density at radius 1 is 1.41 bits per heavy atom. The standard InChI is InChI=1S/C15H15NO5S/c1-9-13(7-15(17)18)22-14(16-9)4-5-19-10-2-3-11-12(6-10)21-8-20-11/h2-3,6H,4-5,7-8H2,1H3,(H,17,18). The minimum Gasteiger partial charge on any atom is -0.493 e. The molecule has 2 aromatic rings. The van der Waals surface area contributed by atoms with Crippen LogP contribution in [0.5, 0.6) is 17.2 Å². The van der Waals surface area contributed by atoms with E-state index in [1.165, 1.54) is 11.3 Å². The Hall–Kier alpha value is -2.28. The molecular formula is C15H15NO5S. The summed E-state index contributed by atoms with van der Waals surface area (Å²) in [5.74, 6) is 1.28. The quantitative estimate of drug-likeness (QED) is 0.880. The van der Waals surface area contributed by atoms with Crippen molar-refractivity contribution in [2.75, 3.05) is 13.4 Å². The van der Waals surface area contributed by atoms with Crippen LogP contribution < -0.4 is 14.2 Å². The van der Waals surface area contributed by atoms with Gasteiger partial charge in [0.1, 0.15) is 5.75 Å². The first-order valence-corrected chi connectivity index (χ1v) is 7.63. The lowest BCUT2D eigenvalue weighted by Crippen LogP contribution is -2.01. The van der Waals surface area contributed by atoms with Crippen molar-refractivity contribution in [2.45, 2.75) is 19.8 Å². The average Bonchev–Trinajstić information content (AvgIpc) is 3.05. The Bertz CT molecular complexity index is 697. The molecule has 0 amide bonds. The van der Waals surface area contributed by atoms with Gasteiger partial charge in [0.15, 0.2) is 11.5 Å². The second kappa shape index (κ2) is 6.23. The Kier molecular flexibility index (Phi) is 4.15. The number of fused-ring (bicyclic) bond motifs is 1. The first kappa shape index (κ1) is 14.6. The summed E-state index contributed by atoms with van der Waals surface area (Å²) in [6.07, 6.45) is 0.659. The summed E-state index contributed by atoms with van der Waals surface area (Å²) in [5.41, 5.74) is 0.783. The van der Waals surface area contributed by atoms with Gasteiger partial charge in [-0.3, -0.25) is 4.79 Å². The minimum atomic E-state index is -0.838. The van der Waals surface area contributed by atoms with E-state index in [2.05, 4.69) is 4.98 Å². The SMILES string of the molecule is Cc1nc(CCOc2ccc3c(c2)OCO3)sc1CC(=O)O. The molecule has 1 aromatic heterocycles. The molecule has 6 nitrogen and oxygen atoms in total. The molecule has 1 aliphatic rings. The Morgan fingerprint density at radius 2 is 2.23 bits per heavy atom. The van der Waals surface area contributed by atoms with Crippen LogP contribution in [0.1, 0.15) is 15.6 Å². The Balaban J connectivity index is 1.56. The highest BCUT2D eigenvalue weighted by molar-refractivity contribution is 7.11. The number of thiazole rings is 1. The van der Waals surface area contributed by atoms with Crippen molar-refractivity contribution in [2.24, 2.45) is 0 Å². The number of rotatable bonds is 6. The van der Waals surface area contributed by atoms with E-state index in [-0.39, 0.29) is 13.2 Å². The third-order valence-electron chi connectivity index (χ3n) is 3.18. The van der Waals surface area contributed by atoms with E-state index in [0.29, 0.717) is 24.5 Å². The summed E-state index contributed by atoms with van der Waals surface area (Å²) < 4.78 is 16.2. The number of aromatic nitrogens is 1. The molecule has 0 atom stereocenters. The van der Waals surface area contributed by atoms with Crippen molar-refractivity contribution in [1.29, 1.82) is 0 Å². The van der Waals surface area contributed by atoms with E-state index < -0.39 is 5.97 Å². The zero-order chi connectivity index (χ0) is 15.5. The molecule has 0 aliphatic carbocycles. The maximum Gasteiger partial charge on any atom is 0.308 e. The summed E-state index contributed by atoms with van der Waals surface area (Å²) in [6.45, 7) is 2.54. The van der Waals surface area contributed by atoms with Gasteiger partial charge in [0.2, 0.25) is 6.79 Å². The number of benzene rings is 1. The van der Waals surface area contributed by atoms with Crippen molar-refractivity contribution in [3.8, 4) is 17.2 Å². The van der Waals surface area contributed by atoms with E-state index in [4.69, 9.17) is 19.3 Å². The van der Waals surface area contributed by atoms with E-state index in [1.807, 2.05) is 19.1 Å². The topological polar surface area (TPSA) is 77.9 Å². The van der Waals surface area contributed by atoms with Crippen LogP contribution in [-0.4, -0.2) is 29.5 Å². The number of aliphatic carboxylic acids is 1. The number of hydrogen-bond donors (Lipinski definition) is 1. The summed E-state index contributed by atoms with van der Waals surface area (Å²) in [6, 6.07) is 5.44. The fourth-order valence-corrected chi connectivity index (χ4v) is 3.16. The second-order valence-corrected chi connectivity index (χ2v) is 5.97. The van der Waals surface area contributed by atoms with Crippen LogP contribution in [0, 0.1) is 6.92 Å². The lowest BCUT2D eigenvalue weighted by molar-refractivity contribution is -0.136. The average molecular weight is 321 g/mol. The first-order chi connectivity index (χ1) is 10.6. The van der Waals surface area contributed by atoms with Crippen LogP contribution in [0.25, 0.3) is 0 Å². The molecule has 116 valence electrons. The van der Waals surface area contributed by atoms with Crippen molar-refractivity contribution in [3.63, 3.8) is 0 Å². The molecule has 0 bridgehead atoms. The second-order valence-electron chi connectivity index (χ2n) is 4.80. The van der Waals surface area contributed by atoms with Crippen molar-refractivity contribution >= 4 is 17.3 Å². The molecule has 7 heteroatoms. The van der Waals surface area contributed by atoms with Gasteiger partial charge < -0.3 is 19.3 Å². The number of carbonyl (C=O) groups is 1. The van der Waals surface area contributed by atoms with Crippen LogP contribution in [0.3, 0.4) is 0 Å². The normalized spacial score (nSPS) is 12.4. The van der Waals surface area contributed by atoms with Gasteiger partial charge in [0, 0.05) is 17.4 Å². The molecule has 1 aromatic carbocycles. The lowest BCUT2D eigenvalue weighted by Gasteiger charge is -2.05. The highest BCUT2D eigenvalue weighted by atomic mass is 32.1. The van der Waals surface area contributed by atoms with Gasteiger partial charge in [0.25, 0.3) is 0 Å². The Labute approximate surface area is 131 Å². The van der Waals surface area contributed by atoms with Crippen LogP contribution >= 0.6 is 11.3 Å². The first-order valence-electron chi connectivity index (χ1n) is 6.81. The predicted octanol–water partition coefficient (Wildman–Crippen LogP) is 2.43. The van der Waals surface area contributed by atoms with E-state index >= 15 is 0 Å². The number of nitrogens with zero attached hydrogens (tertiary/aromatic N) is 1. The van der Waals surface area contributed by atoms with Crippen LogP contribution in [0.4, 0.5) is 0 Å². The highest BCUT2D eigenvalue weighted by Gasteiger charge is 2.14. The highest BCUT2D eigenvalue weighted by Crippen LogP contribution is 2.35. The summed E-state index contributed by atoms with van der Waals surface area (Å²) >= 11 is 1.43. The Morgan fingerprint density at radius 3 is 3.05 bits per heavy atom. The largest absolute Gasteiger partial charge is 0.493 e. The molecule has 0 saturated carbocycles. The molecule has 22 heavy (non-hydrogen) atoms. The van der Waals surface area contributed by atoms with Crippen molar-refractivity contribution < 1.29 is 24.1 Å². The zero-order valence-corrected chi connectivity index (χ0v) is 12.8. The van der Waals surface area contributed by atoms with E-state index in [9.17, 15) is 4.79 Å². The van der Waals surface area contributed by atoms with Gasteiger partial charge in [-0.25, -0.2) is 4.98 Å². The van der Waals surface area contributed by atoms with Gasteiger partial charge in [-0.1, -0.05) is 0 Å². The number of hydrogen-bond acceptors (Lipinski definition) is 6. The molecule has 0 unspecified atom stereocenters. The third kappa shape index (κ3) is 3.30. The molecule has 0 fully saturated rings. The van der Waals surface area contributed by atoms with Gasteiger partial charge in [-0.15, -0.1) is 11.3 Å². The molecule has 1 aliphatic heterocycles. The van der Waals surface area contributed by atoms with Crippen LogP contribution in [0.15, 0.2) is 18.2 Å². The predicted molar refractivity (Wildman–Crippen MR) is 80.0 cm³/mol. The fourth-order valence-electron chi connectivity index (χ4n) is 2.12. The number of carboxylic acids is 1. The number of carboxylic acid groups (broad SMARTS) is 1. The van der Waals surface area contributed by atoms with Crippen LogP contribution in [-0.2, 0) is 17.6 Å². The number of ether oxygens (including phenoxy) is 3. The van der Waals surface area contributed by atoms with Gasteiger partial charge in [-0.2, -0.15) is 0 Å². The maximum atomic E-state index is 10.8. The summed E-state index contributed by atoms with van der Waals surface area (Å²) in [5, 5.41) is 9.72. The lowest BCUT2D eigenvalue weighted by atomic mass is 10.3. The fraction of sp³-hybridized carbons (Fsp3) is 0.333. The molecule has 0 saturated heterocycles. The molecule has 3 rings (SSSR count). The van der Waals surface area contributed by atoms with Crippen molar-refractivity contribution in [1.82, 2.24) is 4.98 Å². The van der Waals surface area contributed by atoms with Gasteiger partial charge >= 0.3 is 5.97 Å². The van der Waals surface area contributed by atoms with E-state index in [1.54, 1.807) is 6.07 Å². The molecule has 0 spiro atoms.